The van der Waals surface area contributed by atoms with Crippen molar-refractivity contribution in [3.8, 4) is 0 Å². The fourth-order valence-electron chi connectivity index (χ4n) is 2.45. The highest BCUT2D eigenvalue weighted by Crippen LogP contribution is 2.24. The van der Waals surface area contributed by atoms with Crippen molar-refractivity contribution in [1.82, 2.24) is 5.32 Å². The van der Waals surface area contributed by atoms with Crippen molar-refractivity contribution in [2.45, 2.75) is 39.2 Å². The van der Waals surface area contributed by atoms with E-state index in [1.165, 1.54) is 6.07 Å². The predicted molar refractivity (Wildman–Crippen MR) is 74.8 cm³/mol. The van der Waals surface area contributed by atoms with E-state index in [1.54, 1.807) is 11.0 Å². The third-order valence-electron chi connectivity index (χ3n) is 3.47. The van der Waals surface area contributed by atoms with Gasteiger partial charge < -0.3 is 10.2 Å². The molecule has 1 aromatic rings. The fraction of sp³-hybridized carbons (Fsp3) is 0.533. The van der Waals surface area contributed by atoms with E-state index in [0.717, 1.165) is 31.4 Å². The van der Waals surface area contributed by atoms with Crippen molar-refractivity contribution >= 4 is 11.6 Å². The first-order chi connectivity index (χ1) is 9.13. The monoisotopic (exact) mass is 264 g/mol. The molecular weight excluding hydrogens is 243 g/mol. The van der Waals surface area contributed by atoms with Gasteiger partial charge in [-0.2, -0.15) is 0 Å². The maximum atomic E-state index is 14.0. The molecule has 19 heavy (non-hydrogen) atoms. The number of amides is 1. The number of nitrogens with zero attached hydrogens (tertiary/aromatic N) is 1. The molecule has 0 spiro atoms. The number of carbonyl (C=O) groups excluding carboxylic acids is 1. The van der Waals surface area contributed by atoms with Crippen LogP contribution in [0.25, 0.3) is 0 Å². The van der Waals surface area contributed by atoms with Crippen molar-refractivity contribution in [3.63, 3.8) is 0 Å². The van der Waals surface area contributed by atoms with Gasteiger partial charge in [0.15, 0.2) is 0 Å². The third kappa shape index (κ3) is 3.13. The van der Waals surface area contributed by atoms with Crippen molar-refractivity contribution in [2.24, 2.45) is 0 Å². The highest BCUT2D eigenvalue weighted by molar-refractivity contribution is 5.98. The van der Waals surface area contributed by atoms with Crippen LogP contribution in [0.3, 0.4) is 0 Å². The van der Waals surface area contributed by atoms with E-state index >= 15 is 0 Å². The average molecular weight is 264 g/mol. The van der Waals surface area contributed by atoms with Gasteiger partial charge in [-0.25, -0.2) is 4.39 Å². The zero-order valence-corrected chi connectivity index (χ0v) is 11.6. The van der Waals surface area contributed by atoms with Gasteiger partial charge in [0, 0.05) is 6.54 Å². The molecule has 0 aromatic heterocycles. The molecule has 1 aliphatic heterocycles. The van der Waals surface area contributed by atoms with E-state index in [2.05, 4.69) is 12.2 Å². The second kappa shape index (κ2) is 6.15. The molecule has 104 valence electrons. The molecule has 1 heterocycles. The molecule has 0 radical (unpaired) electrons. The van der Waals surface area contributed by atoms with Crippen LogP contribution in [0, 0.1) is 12.7 Å². The number of anilines is 1. The normalized spacial score (nSPS) is 19.8. The van der Waals surface area contributed by atoms with Gasteiger partial charge in [-0.1, -0.05) is 13.0 Å². The first-order valence-electron chi connectivity index (χ1n) is 6.94. The van der Waals surface area contributed by atoms with Crippen LogP contribution in [0.5, 0.6) is 0 Å². The van der Waals surface area contributed by atoms with Gasteiger partial charge in [0.2, 0.25) is 5.91 Å². The Balaban J connectivity index is 2.17. The lowest BCUT2D eigenvalue weighted by molar-refractivity contribution is -0.121. The van der Waals surface area contributed by atoms with Gasteiger partial charge in [-0.3, -0.25) is 4.79 Å². The summed E-state index contributed by atoms with van der Waals surface area (Å²) in [5, 5.41) is 3.24. The largest absolute Gasteiger partial charge is 0.308 e. The van der Waals surface area contributed by atoms with E-state index < -0.39 is 0 Å². The first-order valence-corrected chi connectivity index (χ1v) is 6.94. The number of piperidine rings is 1. The Hall–Kier alpha value is -1.42. The number of halogens is 1. The van der Waals surface area contributed by atoms with Gasteiger partial charge in [0.25, 0.3) is 0 Å². The minimum absolute atomic E-state index is 0.0116. The van der Waals surface area contributed by atoms with Gasteiger partial charge in [-0.05, 0) is 50.4 Å². The maximum absolute atomic E-state index is 14.0. The van der Waals surface area contributed by atoms with Crippen molar-refractivity contribution in [2.75, 3.05) is 18.0 Å². The molecule has 2 rings (SSSR count). The molecule has 1 saturated heterocycles. The highest BCUT2D eigenvalue weighted by atomic mass is 19.1. The van der Waals surface area contributed by atoms with Gasteiger partial charge in [-0.15, -0.1) is 0 Å². The quantitative estimate of drug-likeness (QED) is 0.906. The lowest BCUT2D eigenvalue weighted by Crippen LogP contribution is -2.51. The SMILES string of the molecule is CCCNC1CCCN(c2ccc(C)cc2F)C1=O. The average Bonchev–Trinajstić information content (AvgIpc) is 2.38. The zero-order valence-electron chi connectivity index (χ0n) is 11.6. The molecule has 1 aliphatic rings. The summed E-state index contributed by atoms with van der Waals surface area (Å²) in [4.78, 5) is 13.9. The number of nitrogens with one attached hydrogen (secondary N) is 1. The first kappa shape index (κ1) is 14.0. The summed E-state index contributed by atoms with van der Waals surface area (Å²) >= 11 is 0. The molecule has 0 saturated carbocycles. The summed E-state index contributed by atoms with van der Waals surface area (Å²) in [5.74, 6) is -0.327. The molecule has 1 aromatic carbocycles. The summed E-state index contributed by atoms with van der Waals surface area (Å²) in [7, 11) is 0. The van der Waals surface area contributed by atoms with E-state index in [-0.39, 0.29) is 17.8 Å². The minimum atomic E-state index is -0.315. The van der Waals surface area contributed by atoms with Crippen LogP contribution < -0.4 is 10.2 Å². The fourth-order valence-corrected chi connectivity index (χ4v) is 2.45. The van der Waals surface area contributed by atoms with Crippen LogP contribution in [0.15, 0.2) is 18.2 Å². The van der Waals surface area contributed by atoms with Gasteiger partial charge in [0.05, 0.1) is 11.7 Å². The molecule has 0 aliphatic carbocycles. The molecule has 1 unspecified atom stereocenters. The van der Waals surface area contributed by atoms with E-state index in [0.29, 0.717) is 12.2 Å². The van der Waals surface area contributed by atoms with E-state index in [4.69, 9.17) is 0 Å². The molecule has 1 fully saturated rings. The van der Waals surface area contributed by atoms with Crippen molar-refractivity contribution in [1.29, 1.82) is 0 Å². The summed E-state index contributed by atoms with van der Waals surface area (Å²) in [6.45, 7) is 5.33. The van der Waals surface area contributed by atoms with Gasteiger partial charge >= 0.3 is 0 Å². The number of benzene rings is 1. The molecule has 1 amide bonds. The molecular formula is C15H21FN2O. The standard InChI is InChI=1S/C15H21FN2O/c1-3-8-17-13-5-4-9-18(15(13)19)14-7-6-11(2)10-12(14)16/h6-7,10,13,17H,3-5,8-9H2,1-2H3. The van der Waals surface area contributed by atoms with Crippen LogP contribution in [-0.2, 0) is 4.79 Å². The summed E-state index contributed by atoms with van der Waals surface area (Å²) in [5.41, 5.74) is 1.27. The van der Waals surface area contributed by atoms with Gasteiger partial charge in [0.1, 0.15) is 5.82 Å². The summed E-state index contributed by atoms with van der Waals surface area (Å²) in [6.07, 6.45) is 2.73. The van der Waals surface area contributed by atoms with Crippen LogP contribution >= 0.6 is 0 Å². The number of hydrogen-bond acceptors (Lipinski definition) is 2. The van der Waals surface area contributed by atoms with Crippen LogP contribution in [0.4, 0.5) is 10.1 Å². The number of carbonyl (C=O) groups is 1. The van der Waals surface area contributed by atoms with E-state index in [9.17, 15) is 9.18 Å². The minimum Gasteiger partial charge on any atom is -0.308 e. The lowest BCUT2D eigenvalue weighted by atomic mass is 10.0. The van der Waals surface area contributed by atoms with Crippen molar-refractivity contribution in [3.05, 3.63) is 29.6 Å². The summed E-state index contributed by atoms with van der Waals surface area (Å²) < 4.78 is 14.0. The lowest BCUT2D eigenvalue weighted by Gasteiger charge is -2.33. The Labute approximate surface area is 113 Å². The second-order valence-corrected chi connectivity index (χ2v) is 5.09. The van der Waals surface area contributed by atoms with Crippen LogP contribution in [0.1, 0.15) is 31.7 Å². The number of hydrogen-bond donors (Lipinski definition) is 1. The number of rotatable bonds is 4. The third-order valence-corrected chi connectivity index (χ3v) is 3.47. The Morgan fingerprint density at radius 3 is 2.95 bits per heavy atom. The Kier molecular flexibility index (Phi) is 4.53. The van der Waals surface area contributed by atoms with Crippen molar-refractivity contribution < 1.29 is 9.18 Å². The zero-order chi connectivity index (χ0) is 13.8. The van der Waals surface area contributed by atoms with Crippen LogP contribution in [0.2, 0.25) is 0 Å². The molecule has 3 nitrogen and oxygen atoms in total. The Bertz CT molecular complexity index is 461. The van der Waals surface area contributed by atoms with E-state index in [1.807, 2.05) is 13.0 Å². The molecule has 1 N–H and O–H groups in total. The topological polar surface area (TPSA) is 32.3 Å². The maximum Gasteiger partial charge on any atom is 0.244 e. The second-order valence-electron chi connectivity index (χ2n) is 5.09. The summed E-state index contributed by atoms with van der Waals surface area (Å²) in [6, 6.07) is 4.85. The highest BCUT2D eigenvalue weighted by Gasteiger charge is 2.30. The molecule has 1 atom stereocenters. The predicted octanol–water partition coefficient (Wildman–Crippen LogP) is 2.63. The van der Waals surface area contributed by atoms with Crippen LogP contribution in [-0.4, -0.2) is 25.0 Å². The molecule has 0 bridgehead atoms. The molecule has 4 heteroatoms. The Morgan fingerprint density at radius 1 is 1.47 bits per heavy atom. The Morgan fingerprint density at radius 2 is 2.26 bits per heavy atom. The number of aryl methyl sites for hydroxylation is 1. The smallest absolute Gasteiger partial charge is 0.244 e.